The molecule has 0 radical (unpaired) electrons. The first kappa shape index (κ1) is 19.2. The number of likely N-dealkylation sites (tertiary alicyclic amines) is 1. The summed E-state index contributed by atoms with van der Waals surface area (Å²) in [6.07, 6.45) is 2.49. The van der Waals surface area contributed by atoms with Gasteiger partial charge in [0.1, 0.15) is 12.3 Å². The molecule has 0 aliphatic carbocycles. The Morgan fingerprint density at radius 3 is 2.59 bits per heavy atom. The van der Waals surface area contributed by atoms with Crippen LogP contribution in [-0.4, -0.2) is 48.4 Å². The van der Waals surface area contributed by atoms with E-state index < -0.39 is 6.10 Å². The second kappa shape index (κ2) is 7.98. The normalized spacial score (nSPS) is 19.6. The summed E-state index contributed by atoms with van der Waals surface area (Å²) in [5.74, 6) is -0.0333. The summed E-state index contributed by atoms with van der Waals surface area (Å²) in [7, 11) is 0. The van der Waals surface area contributed by atoms with Crippen LogP contribution in [-0.2, 0) is 14.4 Å². The van der Waals surface area contributed by atoms with Crippen molar-refractivity contribution in [3.05, 3.63) is 18.2 Å². The Labute approximate surface area is 159 Å². The van der Waals surface area contributed by atoms with E-state index in [4.69, 9.17) is 4.74 Å². The average Bonchev–Trinajstić information content (AvgIpc) is 2.66. The van der Waals surface area contributed by atoms with Crippen molar-refractivity contribution in [3.63, 3.8) is 0 Å². The van der Waals surface area contributed by atoms with Gasteiger partial charge in [-0.2, -0.15) is 0 Å². The number of piperidine rings is 1. The lowest BCUT2D eigenvalue weighted by molar-refractivity contribution is -0.133. The maximum atomic E-state index is 12.7. The number of nitrogens with zero attached hydrogens (tertiary/aromatic N) is 2. The van der Waals surface area contributed by atoms with Crippen molar-refractivity contribution in [3.8, 4) is 5.75 Å². The molecule has 1 fully saturated rings. The standard InChI is InChI=1S/C20H27N3O4/c1-13(2)19(25)21-15-7-8-17-16(11-15)23(20(26)14(3)27-17)12-18(24)22-9-5-4-6-10-22/h7-8,11,13-14H,4-6,9-10,12H2,1-3H3,(H,21,25). The third-order valence-electron chi connectivity index (χ3n) is 4.96. The molecule has 146 valence electrons. The molecule has 3 amide bonds. The summed E-state index contributed by atoms with van der Waals surface area (Å²) >= 11 is 0. The molecular weight excluding hydrogens is 346 g/mol. The molecule has 1 atom stereocenters. The zero-order chi connectivity index (χ0) is 19.6. The van der Waals surface area contributed by atoms with E-state index >= 15 is 0 Å². The molecule has 3 rings (SSSR count). The van der Waals surface area contributed by atoms with E-state index in [-0.39, 0.29) is 30.2 Å². The number of rotatable bonds is 4. The minimum Gasteiger partial charge on any atom is -0.479 e. The number of fused-ring (bicyclic) bond motifs is 1. The largest absolute Gasteiger partial charge is 0.479 e. The van der Waals surface area contributed by atoms with Crippen LogP contribution in [0.2, 0.25) is 0 Å². The van der Waals surface area contributed by atoms with E-state index in [1.54, 1.807) is 25.1 Å². The lowest BCUT2D eigenvalue weighted by Crippen LogP contribution is -2.50. The molecule has 1 unspecified atom stereocenters. The van der Waals surface area contributed by atoms with Crippen molar-refractivity contribution in [2.45, 2.75) is 46.1 Å². The fraction of sp³-hybridized carbons (Fsp3) is 0.550. The number of nitrogens with one attached hydrogen (secondary N) is 1. The van der Waals surface area contributed by atoms with Gasteiger partial charge in [-0.3, -0.25) is 19.3 Å². The Morgan fingerprint density at radius 2 is 1.93 bits per heavy atom. The fourth-order valence-electron chi connectivity index (χ4n) is 3.31. The quantitative estimate of drug-likeness (QED) is 0.879. The first-order valence-electron chi connectivity index (χ1n) is 9.57. The van der Waals surface area contributed by atoms with Crippen molar-refractivity contribution in [1.29, 1.82) is 0 Å². The average molecular weight is 373 g/mol. The van der Waals surface area contributed by atoms with Crippen LogP contribution >= 0.6 is 0 Å². The first-order valence-corrected chi connectivity index (χ1v) is 9.57. The summed E-state index contributed by atoms with van der Waals surface area (Å²) in [5.41, 5.74) is 1.10. The number of benzene rings is 1. The SMILES string of the molecule is CC(C)C(=O)Nc1ccc2c(c1)N(CC(=O)N1CCCCC1)C(=O)C(C)O2. The molecule has 1 aromatic rings. The monoisotopic (exact) mass is 373 g/mol. The maximum Gasteiger partial charge on any atom is 0.268 e. The molecule has 1 aromatic carbocycles. The number of hydrogen-bond donors (Lipinski definition) is 1. The Bertz CT molecular complexity index is 741. The van der Waals surface area contributed by atoms with Crippen LogP contribution in [0.4, 0.5) is 11.4 Å². The summed E-state index contributed by atoms with van der Waals surface area (Å²) < 4.78 is 5.68. The van der Waals surface area contributed by atoms with Gasteiger partial charge in [0.05, 0.1) is 5.69 Å². The topological polar surface area (TPSA) is 79.0 Å². The number of amides is 3. The second-order valence-electron chi connectivity index (χ2n) is 7.45. The Kier molecular flexibility index (Phi) is 5.68. The van der Waals surface area contributed by atoms with Gasteiger partial charge < -0.3 is 15.0 Å². The maximum absolute atomic E-state index is 12.7. The van der Waals surface area contributed by atoms with Crippen molar-refractivity contribution in [2.75, 3.05) is 29.9 Å². The molecule has 0 bridgehead atoms. The van der Waals surface area contributed by atoms with Crippen LogP contribution < -0.4 is 15.0 Å². The predicted molar refractivity (Wildman–Crippen MR) is 103 cm³/mol. The third kappa shape index (κ3) is 4.23. The number of hydrogen-bond acceptors (Lipinski definition) is 4. The van der Waals surface area contributed by atoms with Crippen LogP contribution in [0.25, 0.3) is 0 Å². The number of anilines is 2. The van der Waals surface area contributed by atoms with E-state index in [0.717, 1.165) is 32.4 Å². The lowest BCUT2D eigenvalue weighted by Gasteiger charge is -2.35. The Hall–Kier alpha value is -2.57. The smallest absolute Gasteiger partial charge is 0.268 e. The molecule has 27 heavy (non-hydrogen) atoms. The summed E-state index contributed by atoms with van der Waals surface area (Å²) in [5, 5.41) is 2.83. The molecule has 0 aromatic heterocycles. The highest BCUT2D eigenvalue weighted by atomic mass is 16.5. The zero-order valence-electron chi connectivity index (χ0n) is 16.2. The minimum absolute atomic E-state index is 0.0128. The summed E-state index contributed by atoms with van der Waals surface area (Å²) in [4.78, 5) is 40.7. The van der Waals surface area contributed by atoms with Crippen LogP contribution in [0, 0.1) is 5.92 Å². The van der Waals surface area contributed by atoms with Gasteiger partial charge in [0, 0.05) is 24.7 Å². The number of carbonyl (C=O) groups excluding carboxylic acids is 3. The molecule has 2 aliphatic heterocycles. The summed E-state index contributed by atoms with van der Waals surface area (Å²) in [6, 6.07) is 5.17. The van der Waals surface area contributed by atoms with Gasteiger partial charge in [0.25, 0.3) is 5.91 Å². The van der Waals surface area contributed by atoms with Gasteiger partial charge in [-0.25, -0.2) is 0 Å². The third-order valence-corrected chi connectivity index (χ3v) is 4.96. The molecule has 0 saturated carbocycles. The van der Waals surface area contributed by atoms with Gasteiger partial charge in [-0.05, 0) is 44.4 Å². The number of carbonyl (C=O) groups is 3. The van der Waals surface area contributed by atoms with E-state index in [1.807, 2.05) is 18.7 Å². The van der Waals surface area contributed by atoms with Crippen LogP contribution in [0.3, 0.4) is 0 Å². The molecule has 2 aliphatic rings. The van der Waals surface area contributed by atoms with Gasteiger partial charge >= 0.3 is 0 Å². The van der Waals surface area contributed by atoms with Crippen molar-refractivity contribution in [1.82, 2.24) is 4.90 Å². The van der Waals surface area contributed by atoms with Gasteiger partial charge in [-0.1, -0.05) is 13.8 Å². The molecule has 1 saturated heterocycles. The number of ether oxygens (including phenoxy) is 1. The molecule has 1 N–H and O–H groups in total. The molecule has 0 spiro atoms. The van der Waals surface area contributed by atoms with Crippen molar-refractivity contribution < 1.29 is 19.1 Å². The van der Waals surface area contributed by atoms with Crippen LogP contribution in [0.1, 0.15) is 40.0 Å². The molecule has 2 heterocycles. The van der Waals surface area contributed by atoms with E-state index in [0.29, 0.717) is 17.1 Å². The predicted octanol–water partition coefficient (Wildman–Crippen LogP) is 2.41. The zero-order valence-corrected chi connectivity index (χ0v) is 16.2. The molecular formula is C20H27N3O4. The Balaban J connectivity index is 1.84. The van der Waals surface area contributed by atoms with E-state index in [2.05, 4.69) is 5.32 Å². The highest BCUT2D eigenvalue weighted by Gasteiger charge is 2.34. The van der Waals surface area contributed by atoms with E-state index in [9.17, 15) is 14.4 Å². The van der Waals surface area contributed by atoms with Crippen molar-refractivity contribution >= 4 is 29.1 Å². The first-order chi connectivity index (χ1) is 12.9. The van der Waals surface area contributed by atoms with Gasteiger partial charge in [-0.15, -0.1) is 0 Å². The highest BCUT2D eigenvalue weighted by Crippen LogP contribution is 2.36. The van der Waals surface area contributed by atoms with Crippen LogP contribution in [0.5, 0.6) is 5.75 Å². The fourth-order valence-corrected chi connectivity index (χ4v) is 3.31. The molecule has 7 heteroatoms. The van der Waals surface area contributed by atoms with Gasteiger partial charge in [0.2, 0.25) is 11.8 Å². The van der Waals surface area contributed by atoms with Crippen molar-refractivity contribution in [2.24, 2.45) is 5.92 Å². The van der Waals surface area contributed by atoms with Gasteiger partial charge in [0.15, 0.2) is 6.10 Å². The lowest BCUT2D eigenvalue weighted by atomic mass is 10.1. The summed E-state index contributed by atoms with van der Waals surface area (Å²) in [6.45, 7) is 6.77. The van der Waals surface area contributed by atoms with E-state index in [1.165, 1.54) is 4.90 Å². The minimum atomic E-state index is -0.650. The second-order valence-corrected chi connectivity index (χ2v) is 7.45. The Morgan fingerprint density at radius 1 is 1.22 bits per heavy atom. The van der Waals surface area contributed by atoms with Crippen LogP contribution in [0.15, 0.2) is 18.2 Å². The molecule has 7 nitrogen and oxygen atoms in total. The highest BCUT2D eigenvalue weighted by molar-refractivity contribution is 6.04.